The molecule has 0 unspecified atom stereocenters. The molecule has 0 saturated carbocycles. The molecule has 1 amide bonds. The summed E-state index contributed by atoms with van der Waals surface area (Å²) in [7, 11) is 1.70. The summed E-state index contributed by atoms with van der Waals surface area (Å²) in [5.41, 5.74) is -0.480. The van der Waals surface area contributed by atoms with Crippen LogP contribution in [0.4, 0.5) is 4.79 Å². The number of hydrogen-bond acceptors (Lipinski definition) is 5. The van der Waals surface area contributed by atoms with E-state index in [-0.39, 0.29) is 24.0 Å². The number of carbonyl (C=O) groups is 1. The fraction of sp³-hybridized carbons (Fsp3) is 0.588. The maximum absolute atomic E-state index is 11.5. The molecule has 0 radical (unpaired) electrons. The van der Waals surface area contributed by atoms with E-state index in [4.69, 9.17) is 9.47 Å². The summed E-state index contributed by atoms with van der Waals surface area (Å²) in [5.74, 6) is 1.42. The number of rotatable bonds is 8. The number of aromatic nitrogens is 1. The molecule has 1 rings (SSSR count). The first-order valence-electron chi connectivity index (χ1n) is 8.35. The quantitative estimate of drug-likeness (QED) is 0.229. The summed E-state index contributed by atoms with van der Waals surface area (Å²) in [6, 6.07) is 3.69. The monoisotopic (exact) mass is 479 g/mol. The van der Waals surface area contributed by atoms with Gasteiger partial charge in [0.05, 0.1) is 12.7 Å². The molecule has 0 spiro atoms. The van der Waals surface area contributed by atoms with Gasteiger partial charge in [0.1, 0.15) is 18.0 Å². The predicted molar refractivity (Wildman–Crippen MR) is 113 cm³/mol. The minimum atomic E-state index is -0.480. The van der Waals surface area contributed by atoms with Crippen molar-refractivity contribution in [1.82, 2.24) is 20.9 Å². The highest BCUT2D eigenvalue weighted by Crippen LogP contribution is 2.06. The van der Waals surface area contributed by atoms with Crippen LogP contribution < -0.4 is 20.7 Å². The predicted octanol–water partition coefficient (Wildman–Crippen LogP) is 2.16. The Morgan fingerprint density at radius 2 is 1.88 bits per heavy atom. The van der Waals surface area contributed by atoms with Crippen LogP contribution in [-0.4, -0.2) is 55.9 Å². The summed E-state index contributed by atoms with van der Waals surface area (Å²) in [6.45, 7) is 7.84. The Kier molecular flexibility index (Phi) is 12.5. The van der Waals surface area contributed by atoms with Gasteiger partial charge in [0.15, 0.2) is 5.96 Å². The zero-order valence-corrected chi connectivity index (χ0v) is 18.2. The van der Waals surface area contributed by atoms with Crippen LogP contribution in [0.15, 0.2) is 29.5 Å². The Morgan fingerprint density at radius 1 is 1.19 bits per heavy atom. The normalized spacial score (nSPS) is 11.2. The van der Waals surface area contributed by atoms with Gasteiger partial charge in [-0.1, -0.05) is 0 Å². The van der Waals surface area contributed by atoms with E-state index >= 15 is 0 Å². The molecule has 1 aromatic heterocycles. The van der Waals surface area contributed by atoms with E-state index in [0.29, 0.717) is 32.2 Å². The Balaban J connectivity index is 0.00000625. The van der Waals surface area contributed by atoms with Crippen LogP contribution in [-0.2, 0) is 4.74 Å². The van der Waals surface area contributed by atoms with Crippen LogP contribution in [0, 0.1) is 0 Å². The van der Waals surface area contributed by atoms with Crippen molar-refractivity contribution in [3.8, 4) is 5.75 Å². The highest BCUT2D eigenvalue weighted by atomic mass is 127. The number of alkyl carbamates (subject to hydrolysis) is 1. The van der Waals surface area contributed by atoms with Gasteiger partial charge in [-0.05, 0) is 39.3 Å². The number of halogens is 1. The first-order chi connectivity index (χ1) is 11.9. The number of guanidine groups is 1. The molecule has 1 heterocycles. The van der Waals surface area contributed by atoms with Gasteiger partial charge in [-0.15, -0.1) is 24.0 Å². The SMILES string of the molecule is CN=C(NCCCNC(=O)OC(C)(C)C)NCCOc1cccnc1.I. The summed E-state index contributed by atoms with van der Waals surface area (Å²) >= 11 is 0. The number of hydrogen-bond donors (Lipinski definition) is 3. The lowest BCUT2D eigenvalue weighted by atomic mass is 10.2. The second-order valence-corrected chi connectivity index (χ2v) is 6.25. The summed E-state index contributed by atoms with van der Waals surface area (Å²) in [6.07, 6.45) is 3.73. The van der Waals surface area contributed by atoms with E-state index in [1.165, 1.54) is 0 Å². The number of nitrogens with zero attached hydrogens (tertiary/aromatic N) is 2. The zero-order chi connectivity index (χ0) is 18.5. The van der Waals surface area contributed by atoms with Gasteiger partial charge in [-0.2, -0.15) is 0 Å². The standard InChI is InChI=1S/C17H29N5O3.HI/c1-17(2,3)25-16(23)22-10-6-9-20-15(18-4)21-11-12-24-14-7-5-8-19-13-14;/h5,7-8,13H,6,9-12H2,1-4H3,(H,22,23)(H2,18,20,21);1H. The van der Waals surface area contributed by atoms with E-state index in [1.807, 2.05) is 32.9 Å². The van der Waals surface area contributed by atoms with Crippen LogP contribution in [0.5, 0.6) is 5.75 Å². The Morgan fingerprint density at radius 3 is 2.50 bits per heavy atom. The molecule has 0 bridgehead atoms. The van der Waals surface area contributed by atoms with Crippen LogP contribution in [0.1, 0.15) is 27.2 Å². The number of ether oxygens (including phenoxy) is 2. The Hall–Kier alpha value is -1.78. The van der Waals surface area contributed by atoms with Gasteiger partial charge in [-0.3, -0.25) is 9.98 Å². The largest absolute Gasteiger partial charge is 0.490 e. The van der Waals surface area contributed by atoms with Crippen LogP contribution in [0.3, 0.4) is 0 Å². The molecular weight excluding hydrogens is 449 g/mol. The number of amides is 1. The topological polar surface area (TPSA) is 96.9 Å². The number of carbonyl (C=O) groups excluding carboxylic acids is 1. The molecule has 148 valence electrons. The van der Waals surface area contributed by atoms with Crippen molar-refractivity contribution in [3.05, 3.63) is 24.5 Å². The fourth-order valence-corrected chi connectivity index (χ4v) is 1.79. The van der Waals surface area contributed by atoms with Gasteiger partial charge in [0, 0.05) is 26.3 Å². The zero-order valence-electron chi connectivity index (χ0n) is 15.9. The van der Waals surface area contributed by atoms with Crippen molar-refractivity contribution in [3.63, 3.8) is 0 Å². The van der Waals surface area contributed by atoms with Gasteiger partial charge in [0.25, 0.3) is 0 Å². The fourth-order valence-electron chi connectivity index (χ4n) is 1.79. The minimum Gasteiger partial charge on any atom is -0.490 e. The highest BCUT2D eigenvalue weighted by Gasteiger charge is 2.15. The third kappa shape index (κ3) is 12.6. The number of nitrogens with one attached hydrogen (secondary N) is 3. The molecule has 8 nitrogen and oxygen atoms in total. The molecule has 1 aromatic rings. The van der Waals surface area contributed by atoms with Crippen molar-refractivity contribution in [2.75, 3.05) is 33.3 Å². The van der Waals surface area contributed by atoms with Gasteiger partial charge >= 0.3 is 6.09 Å². The van der Waals surface area contributed by atoms with E-state index in [9.17, 15) is 4.79 Å². The average Bonchev–Trinajstić information content (AvgIpc) is 2.55. The molecule has 0 atom stereocenters. The van der Waals surface area contributed by atoms with Crippen molar-refractivity contribution in [2.45, 2.75) is 32.8 Å². The molecule has 26 heavy (non-hydrogen) atoms. The summed E-state index contributed by atoms with van der Waals surface area (Å²) in [5, 5.41) is 9.03. The second-order valence-electron chi connectivity index (χ2n) is 6.25. The van der Waals surface area contributed by atoms with E-state index in [0.717, 1.165) is 12.2 Å². The second kappa shape index (κ2) is 13.4. The van der Waals surface area contributed by atoms with Crippen molar-refractivity contribution in [2.24, 2.45) is 4.99 Å². The first kappa shape index (κ1) is 24.2. The first-order valence-corrected chi connectivity index (χ1v) is 8.35. The summed E-state index contributed by atoms with van der Waals surface area (Å²) < 4.78 is 10.7. The van der Waals surface area contributed by atoms with Crippen molar-refractivity contribution >= 4 is 36.0 Å². The highest BCUT2D eigenvalue weighted by molar-refractivity contribution is 14.0. The molecule has 0 aliphatic rings. The molecule has 9 heteroatoms. The van der Waals surface area contributed by atoms with Gasteiger partial charge in [0.2, 0.25) is 0 Å². The molecule has 0 fully saturated rings. The van der Waals surface area contributed by atoms with Gasteiger partial charge < -0.3 is 25.4 Å². The molecule has 0 saturated heterocycles. The Labute approximate surface area is 172 Å². The lowest BCUT2D eigenvalue weighted by Gasteiger charge is -2.19. The number of aliphatic imine (C=N–C) groups is 1. The summed E-state index contributed by atoms with van der Waals surface area (Å²) in [4.78, 5) is 19.6. The van der Waals surface area contributed by atoms with Crippen LogP contribution in [0.25, 0.3) is 0 Å². The molecule has 3 N–H and O–H groups in total. The minimum absolute atomic E-state index is 0. The average molecular weight is 479 g/mol. The molecule has 0 aromatic carbocycles. The lowest BCUT2D eigenvalue weighted by Crippen LogP contribution is -2.40. The van der Waals surface area contributed by atoms with Gasteiger partial charge in [-0.25, -0.2) is 4.79 Å². The third-order valence-corrected chi connectivity index (χ3v) is 2.84. The maximum Gasteiger partial charge on any atom is 0.407 e. The van der Waals surface area contributed by atoms with Crippen molar-refractivity contribution in [1.29, 1.82) is 0 Å². The van der Waals surface area contributed by atoms with Crippen molar-refractivity contribution < 1.29 is 14.3 Å². The molecule has 0 aliphatic heterocycles. The van der Waals surface area contributed by atoms with E-state index in [2.05, 4.69) is 25.9 Å². The Bertz CT molecular complexity index is 535. The third-order valence-electron chi connectivity index (χ3n) is 2.84. The van der Waals surface area contributed by atoms with Crippen LogP contribution >= 0.6 is 24.0 Å². The van der Waals surface area contributed by atoms with E-state index in [1.54, 1.807) is 19.4 Å². The van der Waals surface area contributed by atoms with Crippen LogP contribution in [0.2, 0.25) is 0 Å². The van der Waals surface area contributed by atoms with E-state index < -0.39 is 11.7 Å². The maximum atomic E-state index is 11.5. The number of pyridine rings is 1. The lowest BCUT2D eigenvalue weighted by molar-refractivity contribution is 0.0527. The molecular formula is C17H30IN5O3. The smallest absolute Gasteiger partial charge is 0.407 e. The molecule has 0 aliphatic carbocycles.